The van der Waals surface area contributed by atoms with Crippen molar-refractivity contribution in [3.8, 4) is 0 Å². The van der Waals surface area contributed by atoms with Gasteiger partial charge >= 0.3 is 0 Å². The van der Waals surface area contributed by atoms with Gasteiger partial charge in [-0.15, -0.1) is 0 Å². The molecule has 0 radical (unpaired) electrons. The van der Waals surface area contributed by atoms with Crippen LogP contribution in [0.15, 0.2) is 12.2 Å². The minimum Gasteiger partial charge on any atom is -0.337 e. The Labute approximate surface area is 105 Å². The molecule has 86 valence electrons. The van der Waals surface area contributed by atoms with E-state index >= 15 is 0 Å². The zero-order valence-corrected chi connectivity index (χ0v) is 10.7. The number of carbonyl (C=O) groups excluding carboxylic acids is 1. The Bertz CT molecular complexity index is 255. The molecule has 0 spiro atoms. The first kappa shape index (κ1) is 13.1. The molecule has 6 heteroatoms. The van der Waals surface area contributed by atoms with Crippen molar-refractivity contribution in [1.29, 1.82) is 0 Å². The summed E-state index contributed by atoms with van der Waals surface area (Å²) < 4.78 is -1.50. The van der Waals surface area contributed by atoms with Crippen molar-refractivity contribution >= 4 is 40.7 Å². The van der Waals surface area contributed by atoms with Crippen molar-refractivity contribution in [2.24, 2.45) is 0 Å². The normalized spacial score (nSPS) is 19.9. The number of piperazine rings is 1. The van der Waals surface area contributed by atoms with Crippen LogP contribution < -0.4 is 0 Å². The predicted octanol–water partition coefficient (Wildman–Crippen LogP) is 1.69. The summed E-state index contributed by atoms with van der Waals surface area (Å²) in [5.74, 6) is -0.102. The van der Waals surface area contributed by atoms with Crippen molar-refractivity contribution in [3.05, 3.63) is 12.2 Å². The van der Waals surface area contributed by atoms with Gasteiger partial charge in [-0.1, -0.05) is 34.8 Å². The average Bonchev–Trinajstić information content (AvgIpc) is 2.14. The summed E-state index contributed by atoms with van der Waals surface area (Å²) in [4.78, 5) is 15.5. The van der Waals surface area contributed by atoms with E-state index in [1.807, 2.05) is 7.05 Å². The van der Waals surface area contributed by atoms with E-state index in [1.165, 1.54) is 12.2 Å². The van der Waals surface area contributed by atoms with E-state index in [1.54, 1.807) is 4.90 Å². The lowest BCUT2D eigenvalue weighted by Gasteiger charge is -2.31. The maximum Gasteiger partial charge on any atom is 0.246 e. The van der Waals surface area contributed by atoms with E-state index in [0.717, 1.165) is 26.2 Å². The number of allylic oxidation sites excluding steroid dienone is 1. The number of amides is 1. The lowest BCUT2D eigenvalue weighted by Crippen LogP contribution is -2.46. The summed E-state index contributed by atoms with van der Waals surface area (Å²) in [5, 5.41) is 0. The van der Waals surface area contributed by atoms with Crippen LogP contribution in [-0.2, 0) is 4.79 Å². The quantitative estimate of drug-likeness (QED) is 0.535. The highest BCUT2D eigenvalue weighted by molar-refractivity contribution is 6.69. The molecule has 0 saturated carbocycles. The van der Waals surface area contributed by atoms with Crippen molar-refractivity contribution in [3.63, 3.8) is 0 Å². The summed E-state index contributed by atoms with van der Waals surface area (Å²) in [7, 11) is 2.03. The number of likely N-dealkylation sites (N-methyl/N-ethyl adjacent to an activating group) is 1. The van der Waals surface area contributed by atoms with E-state index in [0.29, 0.717) is 0 Å². The molecule has 0 aromatic heterocycles. The molecule has 3 nitrogen and oxygen atoms in total. The molecule has 0 aliphatic carbocycles. The molecule has 1 heterocycles. The Kier molecular flexibility index (Phi) is 4.71. The molecule has 1 amide bonds. The van der Waals surface area contributed by atoms with Crippen molar-refractivity contribution in [2.45, 2.75) is 3.79 Å². The van der Waals surface area contributed by atoms with Gasteiger partial charge in [0, 0.05) is 32.3 Å². The minimum atomic E-state index is -1.50. The summed E-state index contributed by atoms with van der Waals surface area (Å²) >= 11 is 16.5. The van der Waals surface area contributed by atoms with E-state index in [-0.39, 0.29) is 5.91 Å². The fraction of sp³-hybridized carbons (Fsp3) is 0.667. The smallest absolute Gasteiger partial charge is 0.246 e. The highest BCUT2D eigenvalue weighted by Crippen LogP contribution is 2.27. The van der Waals surface area contributed by atoms with Gasteiger partial charge in [0.2, 0.25) is 9.70 Å². The Morgan fingerprint density at radius 1 is 1.20 bits per heavy atom. The van der Waals surface area contributed by atoms with Gasteiger partial charge in [0.1, 0.15) is 0 Å². The molecule has 0 aromatic carbocycles. The highest BCUT2D eigenvalue weighted by Gasteiger charge is 2.19. The van der Waals surface area contributed by atoms with Gasteiger partial charge in [-0.05, 0) is 13.1 Å². The lowest BCUT2D eigenvalue weighted by atomic mass is 10.3. The van der Waals surface area contributed by atoms with Gasteiger partial charge in [0.25, 0.3) is 0 Å². The highest BCUT2D eigenvalue weighted by atomic mass is 35.6. The third-order valence-electron chi connectivity index (χ3n) is 2.23. The second-order valence-corrected chi connectivity index (χ2v) is 5.87. The molecular weight excluding hydrogens is 258 g/mol. The molecule has 0 N–H and O–H groups in total. The van der Waals surface area contributed by atoms with E-state index in [4.69, 9.17) is 34.8 Å². The molecule has 0 aromatic rings. The van der Waals surface area contributed by atoms with Crippen LogP contribution in [0.2, 0.25) is 0 Å². The van der Waals surface area contributed by atoms with Crippen LogP contribution in [-0.4, -0.2) is 52.7 Å². The maximum atomic E-state index is 11.6. The standard InChI is InChI=1S/C9H13Cl3N2O/c1-13-4-6-14(7-5-13)8(15)2-3-9(10,11)12/h2-3H,4-7H2,1H3. The molecular formula is C9H13Cl3N2O. The van der Waals surface area contributed by atoms with Crippen LogP contribution in [0.1, 0.15) is 0 Å². The SMILES string of the molecule is CN1CCN(C(=O)C=CC(Cl)(Cl)Cl)CC1. The zero-order valence-electron chi connectivity index (χ0n) is 8.42. The van der Waals surface area contributed by atoms with Gasteiger partial charge in [-0.3, -0.25) is 4.79 Å². The lowest BCUT2D eigenvalue weighted by molar-refractivity contribution is -0.127. The minimum absolute atomic E-state index is 0.102. The van der Waals surface area contributed by atoms with Crippen molar-refractivity contribution in [2.75, 3.05) is 33.2 Å². The molecule has 1 aliphatic heterocycles. The third kappa shape index (κ3) is 5.07. The second-order valence-electron chi connectivity index (χ2n) is 3.50. The maximum absolute atomic E-state index is 11.6. The summed E-state index contributed by atoms with van der Waals surface area (Å²) in [5.41, 5.74) is 0. The summed E-state index contributed by atoms with van der Waals surface area (Å²) in [6, 6.07) is 0. The zero-order chi connectivity index (χ0) is 11.5. The Hall–Kier alpha value is 0.0400. The van der Waals surface area contributed by atoms with Crippen LogP contribution in [0.3, 0.4) is 0 Å². The molecule has 1 aliphatic rings. The van der Waals surface area contributed by atoms with Crippen LogP contribution in [0.5, 0.6) is 0 Å². The first-order valence-electron chi connectivity index (χ1n) is 4.62. The summed E-state index contributed by atoms with van der Waals surface area (Å²) in [6.07, 6.45) is 2.59. The molecule has 0 bridgehead atoms. The van der Waals surface area contributed by atoms with Gasteiger partial charge in [-0.25, -0.2) is 0 Å². The number of halogens is 3. The van der Waals surface area contributed by atoms with Gasteiger partial charge < -0.3 is 9.80 Å². The number of alkyl halides is 3. The molecule has 0 unspecified atom stereocenters. The van der Waals surface area contributed by atoms with Gasteiger partial charge in [-0.2, -0.15) is 0 Å². The number of rotatable bonds is 1. The van der Waals surface area contributed by atoms with Crippen molar-refractivity contribution in [1.82, 2.24) is 9.80 Å². The number of hydrogen-bond donors (Lipinski definition) is 0. The van der Waals surface area contributed by atoms with Gasteiger partial charge in [0.15, 0.2) is 0 Å². The van der Waals surface area contributed by atoms with Crippen LogP contribution in [0, 0.1) is 0 Å². The molecule has 1 fully saturated rings. The van der Waals surface area contributed by atoms with E-state index in [9.17, 15) is 4.79 Å². The Morgan fingerprint density at radius 2 is 1.73 bits per heavy atom. The first-order chi connectivity index (χ1) is 6.88. The number of nitrogens with zero attached hydrogens (tertiary/aromatic N) is 2. The topological polar surface area (TPSA) is 23.6 Å². The van der Waals surface area contributed by atoms with E-state index < -0.39 is 3.79 Å². The van der Waals surface area contributed by atoms with Crippen molar-refractivity contribution < 1.29 is 4.79 Å². The van der Waals surface area contributed by atoms with Crippen LogP contribution in [0.25, 0.3) is 0 Å². The molecule has 1 saturated heterocycles. The fourth-order valence-electron chi connectivity index (χ4n) is 1.30. The molecule has 1 rings (SSSR count). The van der Waals surface area contributed by atoms with Gasteiger partial charge in [0.05, 0.1) is 0 Å². The monoisotopic (exact) mass is 270 g/mol. The first-order valence-corrected chi connectivity index (χ1v) is 5.75. The van der Waals surface area contributed by atoms with E-state index in [2.05, 4.69) is 4.90 Å². The van der Waals surface area contributed by atoms with Crippen LogP contribution >= 0.6 is 34.8 Å². The average molecular weight is 272 g/mol. The van der Waals surface area contributed by atoms with Crippen LogP contribution in [0.4, 0.5) is 0 Å². The molecule has 15 heavy (non-hydrogen) atoms. The fourth-order valence-corrected chi connectivity index (χ4v) is 1.49. The predicted molar refractivity (Wildman–Crippen MR) is 63.5 cm³/mol. The number of hydrogen-bond acceptors (Lipinski definition) is 2. The number of carbonyl (C=O) groups is 1. The molecule has 0 atom stereocenters. The second kappa shape index (κ2) is 5.39. The Balaban J connectivity index is 2.44. The Morgan fingerprint density at radius 3 is 2.20 bits per heavy atom. The largest absolute Gasteiger partial charge is 0.337 e. The summed E-state index contributed by atoms with van der Waals surface area (Å²) in [6.45, 7) is 3.21. The third-order valence-corrected chi connectivity index (χ3v) is 2.61.